The lowest BCUT2D eigenvalue weighted by Gasteiger charge is -2.21. The molecule has 0 saturated carbocycles. The Balaban J connectivity index is 1.89. The normalized spacial score (nSPS) is 13.4. The first-order chi connectivity index (χ1) is 11.0. The SMILES string of the molecule is C[C@H](C(=O)NCc1ccccc1)[NH+](C)Cc1ccc(Cl)c(Cl)c1. The van der Waals surface area contributed by atoms with E-state index in [4.69, 9.17) is 23.2 Å². The second-order valence-electron chi connectivity index (χ2n) is 5.70. The number of halogens is 2. The van der Waals surface area contributed by atoms with Crippen LogP contribution in [0.2, 0.25) is 10.0 Å². The summed E-state index contributed by atoms with van der Waals surface area (Å²) in [7, 11) is 2.00. The van der Waals surface area contributed by atoms with E-state index in [0.29, 0.717) is 23.1 Å². The Hall–Kier alpha value is -1.55. The summed E-state index contributed by atoms with van der Waals surface area (Å²) in [6, 6.07) is 15.3. The zero-order chi connectivity index (χ0) is 16.8. The molecule has 2 atom stereocenters. The van der Waals surface area contributed by atoms with Crippen molar-refractivity contribution in [2.45, 2.75) is 26.1 Å². The molecular formula is C18H21Cl2N2O+. The van der Waals surface area contributed by atoms with Gasteiger partial charge in [0.05, 0.1) is 17.1 Å². The third-order valence-electron chi connectivity index (χ3n) is 3.91. The number of hydrogen-bond acceptors (Lipinski definition) is 1. The van der Waals surface area contributed by atoms with Gasteiger partial charge in [-0.3, -0.25) is 4.79 Å². The Bertz CT molecular complexity index is 661. The number of quaternary nitrogens is 1. The van der Waals surface area contributed by atoms with Gasteiger partial charge in [-0.1, -0.05) is 59.6 Å². The third kappa shape index (κ3) is 5.24. The van der Waals surface area contributed by atoms with Crippen LogP contribution in [0.3, 0.4) is 0 Å². The molecule has 23 heavy (non-hydrogen) atoms. The summed E-state index contributed by atoms with van der Waals surface area (Å²) in [6.45, 7) is 3.17. The first-order valence-electron chi connectivity index (χ1n) is 7.55. The van der Waals surface area contributed by atoms with E-state index >= 15 is 0 Å². The minimum absolute atomic E-state index is 0.0337. The van der Waals surface area contributed by atoms with E-state index in [2.05, 4.69) is 5.32 Å². The smallest absolute Gasteiger partial charge is 0.278 e. The van der Waals surface area contributed by atoms with E-state index in [1.54, 1.807) is 6.07 Å². The van der Waals surface area contributed by atoms with Crippen LogP contribution in [0.1, 0.15) is 18.1 Å². The molecule has 0 aliphatic rings. The number of rotatable bonds is 6. The summed E-state index contributed by atoms with van der Waals surface area (Å²) < 4.78 is 0. The molecule has 0 spiro atoms. The molecule has 0 radical (unpaired) electrons. The molecule has 0 fully saturated rings. The fourth-order valence-corrected chi connectivity index (χ4v) is 2.61. The molecule has 0 heterocycles. The van der Waals surface area contributed by atoms with Crippen molar-refractivity contribution in [3.8, 4) is 0 Å². The van der Waals surface area contributed by atoms with E-state index in [1.807, 2.05) is 56.4 Å². The molecule has 1 unspecified atom stereocenters. The van der Waals surface area contributed by atoms with Gasteiger partial charge >= 0.3 is 0 Å². The molecule has 2 aromatic carbocycles. The van der Waals surface area contributed by atoms with Crippen LogP contribution in [0, 0.1) is 0 Å². The van der Waals surface area contributed by atoms with Gasteiger partial charge in [0.1, 0.15) is 6.54 Å². The molecule has 2 aromatic rings. The Morgan fingerprint density at radius 3 is 2.43 bits per heavy atom. The van der Waals surface area contributed by atoms with Crippen LogP contribution in [0.25, 0.3) is 0 Å². The molecule has 2 rings (SSSR count). The van der Waals surface area contributed by atoms with Crippen LogP contribution in [0.5, 0.6) is 0 Å². The highest BCUT2D eigenvalue weighted by Crippen LogP contribution is 2.22. The summed E-state index contributed by atoms with van der Waals surface area (Å²) in [6.07, 6.45) is 0. The molecule has 122 valence electrons. The lowest BCUT2D eigenvalue weighted by molar-refractivity contribution is -0.908. The monoisotopic (exact) mass is 351 g/mol. The summed E-state index contributed by atoms with van der Waals surface area (Å²) in [4.78, 5) is 13.4. The van der Waals surface area contributed by atoms with Gasteiger partial charge in [-0.15, -0.1) is 0 Å². The average molecular weight is 352 g/mol. The lowest BCUT2D eigenvalue weighted by Crippen LogP contribution is -3.12. The van der Waals surface area contributed by atoms with Crippen LogP contribution >= 0.6 is 23.2 Å². The quantitative estimate of drug-likeness (QED) is 0.824. The fourth-order valence-electron chi connectivity index (χ4n) is 2.29. The van der Waals surface area contributed by atoms with Crippen LogP contribution in [0.4, 0.5) is 0 Å². The number of amides is 1. The molecule has 0 aromatic heterocycles. The number of carbonyl (C=O) groups excluding carboxylic acids is 1. The van der Waals surface area contributed by atoms with Crippen LogP contribution in [-0.2, 0) is 17.9 Å². The number of carbonyl (C=O) groups is 1. The van der Waals surface area contributed by atoms with Crippen molar-refractivity contribution in [3.05, 3.63) is 69.7 Å². The maximum atomic E-state index is 12.3. The predicted octanol–water partition coefficient (Wildman–Crippen LogP) is 2.71. The van der Waals surface area contributed by atoms with Crippen molar-refractivity contribution in [1.82, 2.24) is 5.32 Å². The summed E-state index contributed by atoms with van der Waals surface area (Å²) >= 11 is 12.0. The van der Waals surface area contributed by atoms with Crippen molar-refractivity contribution in [2.75, 3.05) is 7.05 Å². The van der Waals surface area contributed by atoms with Gasteiger partial charge in [0, 0.05) is 12.1 Å². The molecule has 0 aliphatic carbocycles. The second-order valence-corrected chi connectivity index (χ2v) is 6.51. The van der Waals surface area contributed by atoms with E-state index < -0.39 is 0 Å². The van der Waals surface area contributed by atoms with E-state index in [0.717, 1.165) is 16.0 Å². The second kappa shape index (κ2) is 8.34. The standard InChI is InChI=1S/C18H20Cl2N2O/c1-13(18(23)21-11-14-6-4-3-5-7-14)22(2)12-15-8-9-16(19)17(20)10-15/h3-10,13H,11-12H2,1-2H3,(H,21,23)/p+1/t13-/m1/s1. The molecule has 3 nitrogen and oxygen atoms in total. The van der Waals surface area contributed by atoms with Crippen LogP contribution in [0.15, 0.2) is 48.5 Å². The predicted molar refractivity (Wildman–Crippen MR) is 94.8 cm³/mol. The minimum atomic E-state index is -0.159. The van der Waals surface area contributed by atoms with Gasteiger partial charge in [0.25, 0.3) is 5.91 Å². The van der Waals surface area contributed by atoms with Crippen molar-refractivity contribution in [2.24, 2.45) is 0 Å². The van der Waals surface area contributed by atoms with Crippen molar-refractivity contribution in [3.63, 3.8) is 0 Å². The van der Waals surface area contributed by atoms with E-state index in [9.17, 15) is 4.79 Å². The van der Waals surface area contributed by atoms with Gasteiger partial charge in [0.2, 0.25) is 0 Å². The maximum Gasteiger partial charge on any atom is 0.278 e. The van der Waals surface area contributed by atoms with Crippen molar-refractivity contribution in [1.29, 1.82) is 0 Å². The van der Waals surface area contributed by atoms with Crippen LogP contribution in [-0.4, -0.2) is 19.0 Å². The first-order valence-corrected chi connectivity index (χ1v) is 8.31. The Labute approximate surface area is 147 Å². The van der Waals surface area contributed by atoms with Crippen LogP contribution < -0.4 is 10.2 Å². The summed E-state index contributed by atoms with van der Waals surface area (Å²) in [5.74, 6) is 0.0337. The number of hydrogen-bond donors (Lipinski definition) is 2. The minimum Gasteiger partial charge on any atom is -0.347 e. The fraction of sp³-hybridized carbons (Fsp3) is 0.278. The van der Waals surface area contributed by atoms with E-state index in [1.165, 1.54) is 0 Å². The Morgan fingerprint density at radius 2 is 1.78 bits per heavy atom. The maximum absolute atomic E-state index is 12.3. The Kier molecular flexibility index (Phi) is 6.46. The highest BCUT2D eigenvalue weighted by molar-refractivity contribution is 6.42. The average Bonchev–Trinajstić information content (AvgIpc) is 2.56. The topological polar surface area (TPSA) is 33.5 Å². The first kappa shape index (κ1) is 17.8. The highest BCUT2D eigenvalue weighted by Gasteiger charge is 2.21. The van der Waals surface area contributed by atoms with Gasteiger partial charge in [-0.2, -0.15) is 0 Å². The van der Waals surface area contributed by atoms with Gasteiger partial charge < -0.3 is 10.2 Å². The molecular weight excluding hydrogens is 331 g/mol. The van der Waals surface area contributed by atoms with Gasteiger partial charge in [-0.05, 0) is 24.6 Å². The third-order valence-corrected chi connectivity index (χ3v) is 4.65. The molecule has 1 amide bonds. The van der Waals surface area contributed by atoms with Crippen molar-refractivity contribution >= 4 is 29.1 Å². The highest BCUT2D eigenvalue weighted by atomic mass is 35.5. The number of nitrogens with one attached hydrogen (secondary N) is 2. The largest absolute Gasteiger partial charge is 0.347 e. The van der Waals surface area contributed by atoms with E-state index in [-0.39, 0.29) is 11.9 Å². The zero-order valence-electron chi connectivity index (χ0n) is 13.3. The summed E-state index contributed by atoms with van der Waals surface area (Å²) in [5.41, 5.74) is 2.15. The van der Waals surface area contributed by atoms with Crippen molar-refractivity contribution < 1.29 is 9.69 Å². The molecule has 0 saturated heterocycles. The number of likely N-dealkylation sites (N-methyl/N-ethyl adjacent to an activating group) is 1. The molecule has 0 bridgehead atoms. The Morgan fingerprint density at radius 1 is 1.09 bits per heavy atom. The lowest BCUT2D eigenvalue weighted by atomic mass is 10.1. The summed E-state index contributed by atoms with van der Waals surface area (Å²) in [5, 5.41) is 4.06. The molecule has 0 aliphatic heterocycles. The number of benzene rings is 2. The zero-order valence-corrected chi connectivity index (χ0v) is 14.8. The van der Waals surface area contributed by atoms with Gasteiger partial charge in [-0.25, -0.2) is 0 Å². The molecule has 2 N–H and O–H groups in total. The van der Waals surface area contributed by atoms with Gasteiger partial charge in [0.15, 0.2) is 6.04 Å². The molecule has 5 heteroatoms.